The normalized spacial score (nSPS) is 12.1. The Balaban J connectivity index is 0.00000120. The monoisotopic (exact) mass is 901 g/mol. The van der Waals surface area contributed by atoms with Crippen LogP contribution in [0.5, 0.6) is 0 Å². The summed E-state index contributed by atoms with van der Waals surface area (Å²) >= 11 is 0. The predicted molar refractivity (Wildman–Crippen MR) is 299 cm³/mol. The summed E-state index contributed by atoms with van der Waals surface area (Å²) in [6.07, 6.45) is 4.54. The third kappa shape index (κ3) is 10.4. The van der Waals surface area contributed by atoms with E-state index in [-0.39, 0.29) is 19.5 Å². The lowest BCUT2D eigenvalue weighted by Crippen LogP contribution is -2.06. The zero-order chi connectivity index (χ0) is 46.3. The number of hydrogen-bond acceptors (Lipinski definition) is 2. The minimum atomic E-state index is -0.0782. The Morgan fingerprint density at radius 3 is 1.75 bits per heavy atom. The molecule has 0 N–H and O–H groups in total. The Morgan fingerprint density at radius 1 is 0.471 bits per heavy atom. The Labute approximate surface area is 409 Å². The molecule has 1 unspecified atom stereocenters. The molecule has 68 heavy (non-hydrogen) atoms. The van der Waals surface area contributed by atoms with Crippen molar-refractivity contribution in [2.45, 2.75) is 60.4 Å². The number of fused-ring (bicyclic) bond motifs is 4. The van der Waals surface area contributed by atoms with Crippen LogP contribution in [-0.2, 0) is 0 Å². The second kappa shape index (κ2) is 21.5. The van der Waals surface area contributed by atoms with Gasteiger partial charge in [-0.2, -0.15) is 13.5 Å². The minimum Gasteiger partial charge on any atom is -0.258 e. The fourth-order valence-electron chi connectivity index (χ4n) is 8.72. The molecule has 0 radical (unpaired) electrons. The molecule has 336 valence electrons. The number of pyridine rings is 1. The predicted octanol–water partition coefficient (Wildman–Crippen LogP) is 17.8. The Morgan fingerprint density at radius 2 is 1.04 bits per heavy atom. The highest BCUT2D eigenvalue weighted by Crippen LogP contribution is 2.38. The molecule has 9 aromatic carbocycles. The van der Waals surface area contributed by atoms with Gasteiger partial charge >= 0.3 is 0 Å². The number of nitrogens with zero attached hydrogens (tertiary/aromatic N) is 3. The van der Waals surface area contributed by atoms with Crippen molar-refractivity contribution in [3.63, 3.8) is 0 Å². The van der Waals surface area contributed by atoms with E-state index in [0.717, 1.165) is 66.7 Å². The van der Waals surface area contributed by atoms with Crippen LogP contribution in [0.2, 0.25) is 0 Å². The summed E-state index contributed by atoms with van der Waals surface area (Å²) in [4.78, 5) is 15.3. The molecule has 3 nitrogen and oxygen atoms in total. The lowest BCUT2D eigenvalue weighted by molar-refractivity contribution is 0.818. The van der Waals surface area contributed by atoms with Crippen LogP contribution >= 0.6 is 13.5 Å². The number of aryl methyl sites for hydroxylation is 2. The SMILES string of the molecule is CC(=NC(=NC(C)c1ccc(C)cc1)c1ccc(C)cc1)c1cc(-c2ccc(-c3cc4ccccc4c4ccccc34)cc2)cc(-c2cccc(-c3ccnc4ccccc34)c2)c1.CCCC.S. The maximum atomic E-state index is 5.37. The van der Waals surface area contributed by atoms with Crippen molar-refractivity contribution in [1.82, 2.24) is 4.98 Å². The second-order valence-electron chi connectivity index (χ2n) is 17.6. The Bertz CT molecular complexity index is 3390. The van der Waals surface area contributed by atoms with Crippen LogP contribution in [0.3, 0.4) is 0 Å². The molecule has 0 aliphatic carbocycles. The zero-order valence-electron chi connectivity index (χ0n) is 40.0. The topological polar surface area (TPSA) is 37.6 Å². The Hall–Kier alpha value is -7.40. The summed E-state index contributed by atoms with van der Waals surface area (Å²) < 4.78 is 0. The number of benzene rings is 9. The standard InChI is InChI=1S/C60H47N3.C4H10.H2S/c1-39-20-24-43(25-21-39)41(3)62-60(46-26-22-40(2)23-27-46)63-42(4)50-35-51(37-52(36-50)47-13-11-14-48(34-47)54-32-33-61-59-19-10-9-18-57(54)59)44-28-30-45(31-29-44)58-38-49-12-5-6-15-53(49)55-16-7-8-17-56(55)58;1-3-4-2;/h5-38,41H,1-4H3;3-4H2,1-2H3;1H2. The highest BCUT2D eigenvalue weighted by atomic mass is 32.1. The minimum absolute atomic E-state index is 0. The summed E-state index contributed by atoms with van der Waals surface area (Å²) in [6.45, 7) is 12.8. The smallest absolute Gasteiger partial charge is 0.155 e. The highest BCUT2D eigenvalue weighted by Gasteiger charge is 2.15. The molecular formula is C64H59N3S. The molecular weight excluding hydrogens is 843 g/mol. The van der Waals surface area contributed by atoms with Gasteiger partial charge in [0, 0.05) is 22.9 Å². The molecule has 1 atom stereocenters. The first-order chi connectivity index (χ1) is 32.8. The van der Waals surface area contributed by atoms with Crippen molar-refractivity contribution < 1.29 is 0 Å². The third-order valence-electron chi connectivity index (χ3n) is 12.8. The number of rotatable bonds is 9. The van der Waals surface area contributed by atoms with E-state index in [2.05, 4.69) is 241 Å². The summed E-state index contributed by atoms with van der Waals surface area (Å²) in [6, 6.07) is 72.1. The van der Waals surface area contributed by atoms with Crippen LogP contribution in [0, 0.1) is 13.8 Å². The lowest BCUT2D eigenvalue weighted by Gasteiger charge is -2.15. The fraction of sp³-hybridized carbons (Fsp3) is 0.141. The highest BCUT2D eigenvalue weighted by molar-refractivity contribution is 7.59. The van der Waals surface area contributed by atoms with Crippen LogP contribution in [0.4, 0.5) is 0 Å². The van der Waals surface area contributed by atoms with Gasteiger partial charge in [0.05, 0.1) is 11.6 Å². The average Bonchev–Trinajstić information content (AvgIpc) is 3.38. The van der Waals surface area contributed by atoms with Gasteiger partial charge in [-0.05, 0) is 147 Å². The summed E-state index contributed by atoms with van der Waals surface area (Å²) in [5.74, 6) is 0.714. The summed E-state index contributed by atoms with van der Waals surface area (Å²) in [5, 5.41) is 6.18. The Kier molecular flexibility index (Phi) is 14.9. The van der Waals surface area contributed by atoms with Crippen molar-refractivity contribution in [3.8, 4) is 44.5 Å². The fourth-order valence-corrected chi connectivity index (χ4v) is 8.72. The molecule has 0 saturated heterocycles. The molecule has 0 fully saturated rings. The number of aromatic nitrogens is 1. The van der Waals surface area contributed by atoms with Crippen LogP contribution in [-0.4, -0.2) is 16.5 Å². The van der Waals surface area contributed by atoms with Gasteiger partial charge in [-0.25, -0.2) is 4.99 Å². The molecule has 10 rings (SSSR count). The van der Waals surface area contributed by atoms with Crippen molar-refractivity contribution in [2.24, 2.45) is 9.98 Å². The van der Waals surface area contributed by atoms with E-state index in [0.29, 0.717) is 5.84 Å². The van der Waals surface area contributed by atoms with Crippen LogP contribution in [0.1, 0.15) is 74.4 Å². The molecule has 1 aromatic heterocycles. The van der Waals surface area contributed by atoms with Crippen molar-refractivity contribution >= 4 is 57.5 Å². The third-order valence-corrected chi connectivity index (χ3v) is 12.8. The van der Waals surface area contributed by atoms with Crippen LogP contribution in [0.15, 0.2) is 216 Å². The quantitative estimate of drug-likeness (QED) is 0.0808. The van der Waals surface area contributed by atoms with Gasteiger partial charge in [-0.1, -0.05) is 196 Å². The number of hydrogen-bond donors (Lipinski definition) is 0. The molecule has 0 saturated carbocycles. The van der Waals surface area contributed by atoms with Crippen molar-refractivity contribution in [2.75, 3.05) is 0 Å². The molecule has 1 heterocycles. The molecule has 0 aliphatic rings. The van der Waals surface area contributed by atoms with Crippen molar-refractivity contribution in [3.05, 3.63) is 234 Å². The first-order valence-corrected chi connectivity index (χ1v) is 23.6. The largest absolute Gasteiger partial charge is 0.258 e. The van der Waals surface area contributed by atoms with E-state index in [4.69, 9.17) is 9.98 Å². The first kappa shape index (κ1) is 47.1. The van der Waals surface area contributed by atoms with Crippen LogP contribution in [0.25, 0.3) is 77.0 Å². The summed E-state index contributed by atoms with van der Waals surface area (Å²) in [7, 11) is 0. The van der Waals surface area contributed by atoms with Crippen LogP contribution < -0.4 is 0 Å². The molecule has 0 aliphatic heterocycles. The molecule has 0 bridgehead atoms. The van der Waals surface area contributed by atoms with E-state index in [1.54, 1.807) is 0 Å². The van der Waals surface area contributed by atoms with E-state index >= 15 is 0 Å². The number of amidine groups is 1. The van der Waals surface area contributed by atoms with Gasteiger partial charge in [0.25, 0.3) is 0 Å². The molecule has 0 amide bonds. The van der Waals surface area contributed by atoms with Gasteiger partial charge in [0.1, 0.15) is 0 Å². The van der Waals surface area contributed by atoms with E-state index in [1.165, 1.54) is 56.6 Å². The maximum absolute atomic E-state index is 5.37. The molecule has 10 aromatic rings. The van der Waals surface area contributed by atoms with E-state index in [1.807, 2.05) is 12.3 Å². The zero-order valence-corrected chi connectivity index (χ0v) is 41.0. The lowest BCUT2D eigenvalue weighted by atomic mass is 9.91. The van der Waals surface area contributed by atoms with Gasteiger partial charge in [0.15, 0.2) is 5.84 Å². The number of unbranched alkanes of at least 4 members (excludes halogenated alkanes) is 1. The molecule has 0 spiro atoms. The second-order valence-corrected chi connectivity index (χ2v) is 17.6. The number of aliphatic imine (C=N–C) groups is 2. The number of para-hydroxylation sites is 1. The van der Waals surface area contributed by atoms with E-state index < -0.39 is 0 Å². The van der Waals surface area contributed by atoms with Gasteiger partial charge in [0.2, 0.25) is 0 Å². The van der Waals surface area contributed by atoms with Crippen molar-refractivity contribution in [1.29, 1.82) is 0 Å². The average molecular weight is 902 g/mol. The van der Waals surface area contributed by atoms with E-state index in [9.17, 15) is 0 Å². The van der Waals surface area contributed by atoms with Gasteiger partial charge < -0.3 is 0 Å². The van der Waals surface area contributed by atoms with Gasteiger partial charge in [-0.3, -0.25) is 9.98 Å². The maximum Gasteiger partial charge on any atom is 0.155 e. The molecule has 4 heteroatoms. The summed E-state index contributed by atoms with van der Waals surface area (Å²) in [5.41, 5.74) is 16.7. The van der Waals surface area contributed by atoms with Gasteiger partial charge in [-0.15, -0.1) is 0 Å². The first-order valence-electron chi connectivity index (χ1n) is 23.6.